The Kier molecular flexibility index (Phi) is 3.75. The third-order valence-corrected chi connectivity index (χ3v) is 0.860. The number of aliphatic hydroxyl groups is 2. The van der Waals surface area contributed by atoms with E-state index in [2.05, 4.69) is 10.5 Å². The molecular weight excluding hydrogens is 138 g/mol. The van der Waals surface area contributed by atoms with Crippen LogP contribution in [-0.2, 0) is 4.74 Å². The van der Waals surface area contributed by atoms with Gasteiger partial charge in [0.2, 0.25) is 0 Å². The van der Waals surface area contributed by atoms with Gasteiger partial charge in [-0.2, -0.15) is 0 Å². The zero-order valence-electron chi connectivity index (χ0n) is 5.65. The van der Waals surface area contributed by atoms with Gasteiger partial charge in [0, 0.05) is 6.42 Å². The van der Waals surface area contributed by atoms with Crippen LogP contribution in [0, 0.1) is 0 Å². The maximum atomic E-state index is 10.0. The van der Waals surface area contributed by atoms with Gasteiger partial charge >= 0.3 is 6.09 Å². The fourth-order valence-electron chi connectivity index (χ4n) is 0.543. The summed E-state index contributed by atoms with van der Waals surface area (Å²) in [7, 11) is 0. The molecule has 1 atom stereocenters. The minimum Gasteiger partial charge on any atom is -0.446 e. The molecule has 4 N–H and O–H groups in total. The van der Waals surface area contributed by atoms with Crippen LogP contribution < -0.4 is 5.73 Å². The number of hydrogen-bond donors (Lipinski definition) is 3. The van der Waals surface area contributed by atoms with E-state index in [1.165, 1.54) is 6.92 Å². The van der Waals surface area contributed by atoms with Crippen molar-refractivity contribution >= 4 is 6.09 Å². The molecule has 0 heterocycles. The first kappa shape index (κ1) is 9.19. The summed E-state index contributed by atoms with van der Waals surface area (Å²) in [4.78, 5) is 10.0. The standard InChI is InChI=1S/C5H11NO4/c1-3(2-4(7)8)10-5(6)9/h3-4,7-8H,2H2,1H3,(H2,6,9). The minimum absolute atomic E-state index is 0.0249. The summed E-state index contributed by atoms with van der Waals surface area (Å²) in [5.41, 5.74) is 4.64. The maximum absolute atomic E-state index is 10.0. The number of rotatable bonds is 3. The summed E-state index contributed by atoms with van der Waals surface area (Å²) in [6.07, 6.45) is -2.96. The zero-order valence-corrected chi connectivity index (χ0v) is 5.65. The van der Waals surface area contributed by atoms with E-state index >= 15 is 0 Å². The van der Waals surface area contributed by atoms with Gasteiger partial charge in [-0.15, -0.1) is 0 Å². The third kappa shape index (κ3) is 5.33. The van der Waals surface area contributed by atoms with Crippen molar-refractivity contribution in [2.75, 3.05) is 0 Å². The van der Waals surface area contributed by atoms with E-state index in [-0.39, 0.29) is 6.42 Å². The molecule has 0 aromatic carbocycles. The van der Waals surface area contributed by atoms with Gasteiger partial charge in [0.15, 0.2) is 6.29 Å². The van der Waals surface area contributed by atoms with Crippen molar-refractivity contribution in [3.63, 3.8) is 0 Å². The second-order valence-electron chi connectivity index (χ2n) is 1.96. The average Bonchev–Trinajstić information content (AvgIpc) is 1.58. The lowest BCUT2D eigenvalue weighted by Gasteiger charge is -2.11. The molecule has 1 amide bonds. The highest BCUT2D eigenvalue weighted by atomic mass is 16.6. The summed E-state index contributed by atoms with van der Waals surface area (Å²) in [5.74, 6) is 0. The van der Waals surface area contributed by atoms with Gasteiger partial charge in [-0.3, -0.25) is 0 Å². The first-order valence-electron chi connectivity index (χ1n) is 2.84. The molecule has 0 saturated carbocycles. The summed E-state index contributed by atoms with van der Waals surface area (Å²) in [6.45, 7) is 1.52. The number of amides is 1. The van der Waals surface area contributed by atoms with Crippen molar-refractivity contribution < 1.29 is 19.7 Å². The second kappa shape index (κ2) is 4.08. The molecule has 0 radical (unpaired) electrons. The Morgan fingerprint density at radius 1 is 1.70 bits per heavy atom. The second-order valence-corrected chi connectivity index (χ2v) is 1.96. The van der Waals surface area contributed by atoms with Crippen LogP contribution in [0.5, 0.6) is 0 Å². The quantitative estimate of drug-likeness (QED) is 0.456. The van der Waals surface area contributed by atoms with Crippen LogP contribution in [0.4, 0.5) is 4.79 Å². The first-order chi connectivity index (χ1) is 4.52. The largest absolute Gasteiger partial charge is 0.446 e. The Morgan fingerprint density at radius 2 is 2.20 bits per heavy atom. The van der Waals surface area contributed by atoms with Crippen LogP contribution in [0.1, 0.15) is 13.3 Å². The Bertz CT molecular complexity index is 114. The molecule has 0 fully saturated rings. The Hall–Kier alpha value is -0.810. The van der Waals surface area contributed by atoms with Gasteiger partial charge in [-0.05, 0) is 6.92 Å². The van der Waals surface area contributed by atoms with Gasteiger partial charge in [0.1, 0.15) is 6.10 Å². The number of carbonyl (C=O) groups excluding carboxylic acids is 1. The van der Waals surface area contributed by atoms with Crippen LogP contribution in [-0.4, -0.2) is 28.7 Å². The molecule has 0 aliphatic carbocycles. The van der Waals surface area contributed by atoms with Crippen LogP contribution >= 0.6 is 0 Å². The highest BCUT2D eigenvalue weighted by molar-refractivity contribution is 5.64. The Labute approximate surface area is 58.4 Å². The highest BCUT2D eigenvalue weighted by Gasteiger charge is 2.09. The molecule has 0 bridgehead atoms. The highest BCUT2D eigenvalue weighted by Crippen LogP contribution is 1.98. The Balaban J connectivity index is 3.43. The van der Waals surface area contributed by atoms with E-state index < -0.39 is 18.5 Å². The van der Waals surface area contributed by atoms with Gasteiger partial charge in [0.25, 0.3) is 0 Å². The van der Waals surface area contributed by atoms with E-state index in [0.717, 1.165) is 0 Å². The van der Waals surface area contributed by atoms with E-state index in [0.29, 0.717) is 0 Å². The molecule has 10 heavy (non-hydrogen) atoms. The van der Waals surface area contributed by atoms with Crippen molar-refractivity contribution in [1.82, 2.24) is 0 Å². The van der Waals surface area contributed by atoms with Crippen molar-refractivity contribution in [2.45, 2.75) is 25.7 Å². The fourth-order valence-corrected chi connectivity index (χ4v) is 0.543. The van der Waals surface area contributed by atoms with E-state index in [4.69, 9.17) is 10.2 Å². The fraction of sp³-hybridized carbons (Fsp3) is 0.800. The molecule has 0 aromatic rings. The van der Waals surface area contributed by atoms with Gasteiger partial charge in [-0.1, -0.05) is 0 Å². The average molecular weight is 149 g/mol. The molecule has 5 nitrogen and oxygen atoms in total. The number of aliphatic hydroxyl groups excluding tert-OH is 1. The molecule has 1 unspecified atom stereocenters. The first-order valence-corrected chi connectivity index (χ1v) is 2.84. The van der Waals surface area contributed by atoms with E-state index in [9.17, 15) is 4.79 Å². The maximum Gasteiger partial charge on any atom is 0.404 e. The molecule has 0 saturated heterocycles. The topological polar surface area (TPSA) is 92.8 Å². The summed E-state index contributed by atoms with van der Waals surface area (Å²) >= 11 is 0. The summed E-state index contributed by atoms with van der Waals surface area (Å²) < 4.78 is 4.38. The molecule has 0 aliphatic heterocycles. The predicted octanol–water partition coefficient (Wildman–Crippen LogP) is -0.829. The normalized spacial score (nSPS) is 13.2. The minimum atomic E-state index is -1.46. The van der Waals surface area contributed by atoms with Gasteiger partial charge in [-0.25, -0.2) is 4.79 Å². The SMILES string of the molecule is CC(CC(O)O)OC(N)=O. The smallest absolute Gasteiger partial charge is 0.404 e. The molecule has 60 valence electrons. The number of nitrogens with two attached hydrogens (primary N) is 1. The monoisotopic (exact) mass is 149 g/mol. The van der Waals surface area contributed by atoms with Crippen molar-refractivity contribution in [1.29, 1.82) is 0 Å². The molecule has 0 aromatic heterocycles. The lowest BCUT2D eigenvalue weighted by Crippen LogP contribution is -2.24. The predicted molar refractivity (Wildman–Crippen MR) is 33.0 cm³/mol. The van der Waals surface area contributed by atoms with Gasteiger partial charge in [0.05, 0.1) is 0 Å². The van der Waals surface area contributed by atoms with Crippen LogP contribution in [0.25, 0.3) is 0 Å². The van der Waals surface area contributed by atoms with Crippen molar-refractivity contribution in [3.8, 4) is 0 Å². The summed E-state index contributed by atoms with van der Waals surface area (Å²) in [5, 5.41) is 16.7. The van der Waals surface area contributed by atoms with Crippen molar-refractivity contribution in [3.05, 3.63) is 0 Å². The lowest BCUT2D eigenvalue weighted by atomic mass is 10.3. The van der Waals surface area contributed by atoms with Crippen LogP contribution in [0.2, 0.25) is 0 Å². The number of hydrogen-bond acceptors (Lipinski definition) is 4. The van der Waals surface area contributed by atoms with Crippen LogP contribution in [0.3, 0.4) is 0 Å². The number of primary amides is 1. The molecule has 5 heteroatoms. The zero-order chi connectivity index (χ0) is 8.15. The molecular formula is C5H11NO4. The van der Waals surface area contributed by atoms with Crippen molar-refractivity contribution in [2.24, 2.45) is 5.73 Å². The molecule has 0 spiro atoms. The number of carbonyl (C=O) groups is 1. The Morgan fingerprint density at radius 3 is 2.50 bits per heavy atom. The third-order valence-electron chi connectivity index (χ3n) is 0.860. The molecule has 0 rings (SSSR count). The van der Waals surface area contributed by atoms with E-state index in [1.54, 1.807) is 0 Å². The van der Waals surface area contributed by atoms with Crippen LogP contribution in [0.15, 0.2) is 0 Å². The lowest BCUT2D eigenvalue weighted by molar-refractivity contribution is -0.0677. The van der Waals surface area contributed by atoms with Gasteiger partial charge < -0.3 is 20.7 Å². The molecule has 0 aliphatic rings. The number of ether oxygens (including phenoxy) is 1. The summed E-state index contributed by atoms with van der Waals surface area (Å²) in [6, 6.07) is 0. The van der Waals surface area contributed by atoms with E-state index in [1.807, 2.05) is 0 Å².